The molecule has 0 atom stereocenters. The van der Waals surface area contributed by atoms with Gasteiger partial charge in [-0.15, -0.1) is 0 Å². The van der Waals surface area contributed by atoms with Gasteiger partial charge in [-0.25, -0.2) is 4.98 Å². The Balaban J connectivity index is 1.53. The van der Waals surface area contributed by atoms with Crippen LogP contribution in [0.2, 0.25) is 0 Å². The second-order valence-electron chi connectivity index (χ2n) is 8.64. The Labute approximate surface area is 224 Å². The first kappa shape index (κ1) is 26.3. The van der Waals surface area contributed by atoms with E-state index in [9.17, 15) is 28.1 Å². The molecule has 40 heavy (non-hydrogen) atoms. The molecule has 0 aliphatic rings. The van der Waals surface area contributed by atoms with Gasteiger partial charge < -0.3 is 4.74 Å². The summed E-state index contributed by atoms with van der Waals surface area (Å²) in [6, 6.07) is 23.8. The van der Waals surface area contributed by atoms with E-state index in [0.717, 1.165) is 16.8 Å². The van der Waals surface area contributed by atoms with Crippen LogP contribution in [0, 0.1) is 10.1 Å². The average Bonchev–Trinajstić information content (AvgIpc) is 2.96. The van der Waals surface area contributed by atoms with Crippen LogP contribution in [0.3, 0.4) is 0 Å². The van der Waals surface area contributed by atoms with Gasteiger partial charge in [0.15, 0.2) is 5.82 Å². The van der Waals surface area contributed by atoms with Crippen molar-refractivity contribution in [3.05, 3.63) is 134 Å². The number of hydrogen-bond acceptors (Lipinski definition) is 6. The number of nitrogens with zero attached hydrogens (tertiary/aromatic N) is 4. The Hall–Kier alpha value is -5.32. The number of hydrogen-bond donors (Lipinski definition) is 0. The molecule has 0 aliphatic carbocycles. The molecular formula is C29H19F3N4O4. The molecule has 0 aliphatic heterocycles. The predicted octanol–water partition coefficient (Wildman–Crippen LogP) is 6.45. The molecule has 0 bridgehead atoms. The number of rotatable bonds is 7. The van der Waals surface area contributed by atoms with Gasteiger partial charge in [-0.3, -0.25) is 14.9 Å². The van der Waals surface area contributed by atoms with Gasteiger partial charge >= 0.3 is 6.18 Å². The van der Waals surface area contributed by atoms with Crippen molar-refractivity contribution in [3.8, 4) is 17.1 Å². The summed E-state index contributed by atoms with van der Waals surface area (Å²) >= 11 is 0. The summed E-state index contributed by atoms with van der Waals surface area (Å²) in [5, 5.41) is 15.4. The fourth-order valence-electron chi connectivity index (χ4n) is 3.97. The highest BCUT2D eigenvalue weighted by atomic mass is 19.4. The third kappa shape index (κ3) is 5.58. The number of nitro benzene ring substituents is 1. The Kier molecular flexibility index (Phi) is 7.11. The lowest BCUT2D eigenvalue weighted by Gasteiger charge is -2.12. The zero-order valence-corrected chi connectivity index (χ0v) is 20.6. The van der Waals surface area contributed by atoms with Gasteiger partial charge in [-0.2, -0.15) is 22.9 Å². The highest BCUT2D eigenvalue weighted by Gasteiger charge is 2.31. The lowest BCUT2D eigenvalue weighted by atomic mass is 10.1. The minimum Gasteiger partial charge on any atom is -0.488 e. The summed E-state index contributed by atoms with van der Waals surface area (Å²) in [5.41, 5.74) is 0.0862. The maximum absolute atomic E-state index is 13.4. The molecule has 0 radical (unpaired) electrons. The molecule has 0 unspecified atom stereocenters. The number of fused-ring (bicyclic) bond motifs is 1. The number of nitro groups is 1. The van der Waals surface area contributed by atoms with Crippen molar-refractivity contribution in [1.82, 2.24) is 9.66 Å². The van der Waals surface area contributed by atoms with Gasteiger partial charge in [0.2, 0.25) is 0 Å². The predicted molar refractivity (Wildman–Crippen MR) is 143 cm³/mol. The largest absolute Gasteiger partial charge is 0.488 e. The van der Waals surface area contributed by atoms with Crippen LogP contribution in [-0.4, -0.2) is 20.8 Å². The van der Waals surface area contributed by atoms with Crippen LogP contribution in [0.1, 0.15) is 16.7 Å². The standard InChI is InChI=1S/C29H19F3N4O4/c30-29(31,32)22-8-5-7-20(16-22)27-34-25-10-3-2-9-24(25)28(37)35(27)33-17-21-6-1-4-11-26(21)40-18-19-12-14-23(15-13-19)36(38)39/h1-17H,18H2. The van der Waals surface area contributed by atoms with E-state index in [2.05, 4.69) is 10.1 Å². The summed E-state index contributed by atoms with van der Waals surface area (Å²) in [5.74, 6) is 0.349. The average molecular weight is 544 g/mol. The monoisotopic (exact) mass is 544 g/mol. The van der Waals surface area contributed by atoms with Gasteiger partial charge in [0.1, 0.15) is 12.4 Å². The molecule has 5 aromatic rings. The molecule has 1 aromatic heterocycles. The molecule has 1 heterocycles. The van der Waals surface area contributed by atoms with Crippen molar-refractivity contribution in [3.63, 3.8) is 0 Å². The number of aromatic nitrogens is 2. The third-order valence-corrected chi connectivity index (χ3v) is 5.97. The number of alkyl halides is 3. The first-order valence-corrected chi connectivity index (χ1v) is 11.9. The van der Waals surface area contributed by atoms with Gasteiger partial charge in [0.05, 0.1) is 27.6 Å². The summed E-state index contributed by atoms with van der Waals surface area (Å²) in [4.78, 5) is 28.3. The van der Waals surface area contributed by atoms with Crippen LogP contribution in [-0.2, 0) is 12.8 Å². The van der Waals surface area contributed by atoms with E-state index in [4.69, 9.17) is 4.74 Å². The molecule has 0 amide bonds. The SMILES string of the molecule is O=c1c2ccccc2nc(-c2cccc(C(F)(F)F)c2)n1N=Cc1ccccc1OCc1ccc([N+](=O)[O-])cc1. The van der Waals surface area contributed by atoms with Crippen molar-refractivity contribution in [2.45, 2.75) is 12.8 Å². The molecule has 0 N–H and O–H groups in total. The normalized spacial score (nSPS) is 11.7. The van der Waals surface area contributed by atoms with Crippen molar-refractivity contribution in [2.75, 3.05) is 0 Å². The van der Waals surface area contributed by atoms with Crippen LogP contribution in [0.15, 0.2) is 107 Å². The highest BCUT2D eigenvalue weighted by molar-refractivity contribution is 5.84. The van der Waals surface area contributed by atoms with Gasteiger partial charge in [-0.1, -0.05) is 36.4 Å². The first-order chi connectivity index (χ1) is 19.2. The lowest BCUT2D eigenvalue weighted by molar-refractivity contribution is -0.384. The van der Waals surface area contributed by atoms with Crippen molar-refractivity contribution in [1.29, 1.82) is 0 Å². The van der Waals surface area contributed by atoms with E-state index in [1.807, 2.05) is 0 Å². The minimum absolute atomic E-state index is 0.0395. The van der Waals surface area contributed by atoms with Crippen LogP contribution in [0.4, 0.5) is 18.9 Å². The van der Waals surface area contributed by atoms with Crippen LogP contribution in [0.25, 0.3) is 22.3 Å². The van der Waals surface area contributed by atoms with Crippen LogP contribution < -0.4 is 10.3 Å². The summed E-state index contributed by atoms with van der Waals surface area (Å²) in [7, 11) is 0. The smallest absolute Gasteiger partial charge is 0.416 e. The maximum atomic E-state index is 13.4. The summed E-state index contributed by atoms with van der Waals surface area (Å²) in [6.07, 6.45) is -3.22. The number of para-hydroxylation sites is 2. The topological polar surface area (TPSA) is 99.6 Å². The first-order valence-electron chi connectivity index (χ1n) is 11.9. The lowest BCUT2D eigenvalue weighted by Crippen LogP contribution is -2.20. The number of halogens is 3. The summed E-state index contributed by atoms with van der Waals surface area (Å²) < 4.78 is 47.1. The van der Waals surface area contributed by atoms with Gasteiger partial charge in [0, 0.05) is 23.3 Å². The Morgan fingerprint density at radius 2 is 1.68 bits per heavy atom. The molecule has 0 saturated carbocycles. The molecule has 4 aromatic carbocycles. The molecular weight excluding hydrogens is 525 g/mol. The molecule has 200 valence electrons. The second-order valence-corrected chi connectivity index (χ2v) is 8.64. The van der Waals surface area contributed by atoms with E-state index < -0.39 is 22.2 Å². The zero-order chi connectivity index (χ0) is 28.3. The molecule has 0 saturated heterocycles. The Morgan fingerprint density at radius 3 is 2.42 bits per heavy atom. The van der Waals surface area contributed by atoms with E-state index in [-0.39, 0.29) is 29.1 Å². The maximum Gasteiger partial charge on any atom is 0.416 e. The third-order valence-electron chi connectivity index (χ3n) is 5.97. The Morgan fingerprint density at radius 1 is 0.950 bits per heavy atom. The van der Waals surface area contributed by atoms with Crippen molar-refractivity contribution < 1.29 is 22.8 Å². The van der Waals surface area contributed by atoms with Crippen LogP contribution >= 0.6 is 0 Å². The molecule has 8 nitrogen and oxygen atoms in total. The fraction of sp³-hybridized carbons (Fsp3) is 0.0690. The van der Waals surface area contributed by atoms with Crippen molar-refractivity contribution in [2.24, 2.45) is 5.10 Å². The fourth-order valence-corrected chi connectivity index (χ4v) is 3.97. The molecule has 11 heteroatoms. The van der Waals surface area contributed by atoms with E-state index in [0.29, 0.717) is 22.4 Å². The number of benzene rings is 4. The molecule has 0 spiro atoms. The van der Waals surface area contributed by atoms with E-state index in [1.165, 1.54) is 30.5 Å². The highest BCUT2D eigenvalue weighted by Crippen LogP contribution is 2.32. The zero-order valence-electron chi connectivity index (χ0n) is 20.6. The van der Waals surface area contributed by atoms with Crippen LogP contribution in [0.5, 0.6) is 5.75 Å². The summed E-state index contributed by atoms with van der Waals surface area (Å²) in [6.45, 7) is 0.107. The quantitative estimate of drug-likeness (QED) is 0.133. The minimum atomic E-state index is -4.58. The van der Waals surface area contributed by atoms with Crippen molar-refractivity contribution >= 4 is 22.8 Å². The molecule has 0 fully saturated rings. The molecule has 5 rings (SSSR count). The van der Waals surface area contributed by atoms with E-state index >= 15 is 0 Å². The number of non-ortho nitro benzene ring substituents is 1. The van der Waals surface area contributed by atoms with E-state index in [1.54, 1.807) is 60.7 Å². The van der Waals surface area contributed by atoms with Gasteiger partial charge in [0.25, 0.3) is 11.2 Å². The second kappa shape index (κ2) is 10.8. The Bertz CT molecular complexity index is 1800. The van der Waals surface area contributed by atoms with Gasteiger partial charge in [-0.05, 0) is 54.1 Å². The number of ether oxygens (including phenoxy) is 1.